The van der Waals surface area contributed by atoms with Crippen molar-refractivity contribution in [2.24, 2.45) is 5.92 Å². The summed E-state index contributed by atoms with van der Waals surface area (Å²) in [6.45, 7) is 5.67. The van der Waals surface area contributed by atoms with Gasteiger partial charge in [-0.15, -0.1) is 0 Å². The van der Waals surface area contributed by atoms with Crippen LogP contribution in [0.4, 0.5) is 5.69 Å². The second-order valence-electron chi connectivity index (χ2n) is 4.32. The van der Waals surface area contributed by atoms with E-state index in [1.165, 1.54) is 0 Å². The minimum atomic E-state index is -0.355. The highest BCUT2D eigenvalue weighted by Crippen LogP contribution is 2.14. The number of aryl methyl sites for hydroxylation is 1. The number of hydrogen-bond donors (Lipinski definition) is 4. The summed E-state index contributed by atoms with van der Waals surface area (Å²) in [6, 6.07) is -0.288. The van der Waals surface area contributed by atoms with Crippen molar-refractivity contribution < 1.29 is 9.90 Å². The Morgan fingerprint density at radius 2 is 2.24 bits per heavy atom. The molecule has 0 aliphatic carbocycles. The summed E-state index contributed by atoms with van der Waals surface area (Å²) in [7, 11) is 0. The number of amides is 1. The zero-order valence-corrected chi connectivity index (χ0v) is 10.4. The maximum atomic E-state index is 11.9. The van der Waals surface area contributed by atoms with E-state index in [-0.39, 0.29) is 30.2 Å². The van der Waals surface area contributed by atoms with Gasteiger partial charge in [0.15, 0.2) is 5.69 Å². The van der Waals surface area contributed by atoms with E-state index >= 15 is 0 Å². The minimum absolute atomic E-state index is 0.103. The fourth-order valence-electron chi connectivity index (χ4n) is 1.49. The smallest absolute Gasteiger partial charge is 0.274 e. The molecule has 0 aromatic carbocycles. The Bertz CT molecular complexity index is 387. The first-order valence-corrected chi connectivity index (χ1v) is 5.75. The molecule has 0 aliphatic heterocycles. The topological polar surface area (TPSA) is 104 Å². The molecule has 1 atom stereocenters. The first kappa shape index (κ1) is 13.5. The van der Waals surface area contributed by atoms with Crippen molar-refractivity contribution in [2.45, 2.75) is 33.2 Å². The third-order valence-electron chi connectivity index (χ3n) is 2.77. The molecule has 0 saturated heterocycles. The number of H-pyrrole nitrogens is 1. The Hall–Kier alpha value is -1.56. The highest BCUT2D eigenvalue weighted by molar-refractivity contribution is 5.97. The molecule has 0 saturated carbocycles. The van der Waals surface area contributed by atoms with Crippen LogP contribution in [-0.4, -0.2) is 33.9 Å². The molecule has 0 aliphatic rings. The van der Waals surface area contributed by atoms with Gasteiger partial charge in [0.1, 0.15) is 0 Å². The van der Waals surface area contributed by atoms with Gasteiger partial charge in [-0.05, 0) is 12.3 Å². The Morgan fingerprint density at radius 3 is 2.65 bits per heavy atom. The van der Waals surface area contributed by atoms with E-state index in [4.69, 9.17) is 10.8 Å². The molecule has 1 aromatic heterocycles. The summed E-state index contributed by atoms with van der Waals surface area (Å²) >= 11 is 0. The third-order valence-corrected chi connectivity index (χ3v) is 2.77. The van der Waals surface area contributed by atoms with Gasteiger partial charge >= 0.3 is 0 Å². The van der Waals surface area contributed by atoms with Gasteiger partial charge in [-0.3, -0.25) is 9.89 Å². The number of carbonyl (C=O) groups excluding carboxylic acids is 1. The molecule has 1 unspecified atom stereocenters. The number of aliphatic hydroxyl groups excluding tert-OH is 1. The minimum Gasteiger partial charge on any atom is -0.395 e. The normalized spacial score (nSPS) is 12.8. The van der Waals surface area contributed by atoms with Crippen molar-refractivity contribution >= 4 is 11.6 Å². The molecule has 6 nitrogen and oxygen atoms in total. The number of aromatic nitrogens is 2. The average molecular weight is 240 g/mol. The van der Waals surface area contributed by atoms with Crippen LogP contribution in [0.3, 0.4) is 0 Å². The zero-order chi connectivity index (χ0) is 13.0. The van der Waals surface area contributed by atoms with Crippen LogP contribution in [-0.2, 0) is 6.42 Å². The van der Waals surface area contributed by atoms with E-state index < -0.39 is 0 Å². The molecule has 1 amide bonds. The highest BCUT2D eigenvalue weighted by Gasteiger charge is 2.21. The van der Waals surface area contributed by atoms with Gasteiger partial charge in [0.25, 0.3) is 5.91 Å². The van der Waals surface area contributed by atoms with Crippen LogP contribution >= 0.6 is 0 Å². The van der Waals surface area contributed by atoms with Gasteiger partial charge in [0.2, 0.25) is 0 Å². The van der Waals surface area contributed by atoms with Crippen molar-refractivity contribution in [1.29, 1.82) is 0 Å². The molecule has 1 rings (SSSR count). The molecule has 5 N–H and O–H groups in total. The standard InChI is InChI=1S/C11H20N4O2/c1-4-7-9(12)10(15-14-7)11(17)13-8(5-16)6(2)3/h6,8,16H,4-5,12H2,1-3H3,(H,13,17)(H,14,15). The maximum absolute atomic E-state index is 11.9. The third kappa shape index (κ3) is 2.97. The number of rotatable bonds is 5. The van der Waals surface area contributed by atoms with Crippen LogP contribution < -0.4 is 11.1 Å². The van der Waals surface area contributed by atoms with E-state index in [9.17, 15) is 4.79 Å². The number of aliphatic hydroxyl groups is 1. The largest absolute Gasteiger partial charge is 0.395 e. The van der Waals surface area contributed by atoms with Gasteiger partial charge in [0, 0.05) is 0 Å². The first-order chi connectivity index (χ1) is 8.01. The number of aromatic amines is 1. The van der Waals surface area contributed by atoms with Crippen LogP contribution in [0.1, 0.15) is 37.0 Å². The summed E-state index contributed by atoms with van der Waals surface area (Å²) in [5.41, 5.74) is 7.12. The van der Waals surface area contributed by atoms with Crippen LogP contribution in [0.2, 0.25) is 0 Å². The number of carbonyl (C=O) groups is 1. The van der Waals surface area contributed by atoms with Crippen LogP contribution in [0.15, 0.2) is 0 Å². The SMILES string of the molecule is CCc1[nH]nc(C(=O)NC(CO)C(C)C)c1N. The fraction of sp³-hybridized carbons (Fsp3) is 0.636. The average Bonchev–Trinajstić information content (AvgIpc) is 2.66. The number of nitrogen functional groups attached to an aromatic ring is 1. The van der Waals surface area contributed by atoms with Crippen molar-refractivity contribution in [3.63, 3.8) is 0 Å². The van der Waals surface area contributed by atoms with Gasteiger partial charge in [-0.2, -0.15) is 5.10 Å². The number of nitrogens with zero attached hydrogens (tertiary/aromatic N) is 1. The van der Waals surface area contributed by atoms with E-state index in [1.807, 2.05) is 20.8 Å². The van der Waals surface area contributed by atoms with E-state index in [1.54, 1.807) is 0 Å². The lowest BCUT2D eigenvalue weighted by molar-refractivity contribution is 0.0892. The molecule has 0 radical (unpaired) electrons. The summed E-state index contributed by atoms with van der Waals surface area (Å²) in [4.78, 5) is 11.9. The molecule has 0 fully saturated rings. The lowest BCUT2D eigenvalue weighted by Crippen LogP contribution is -2.41. The Balaban J connectivity index is 2.79. The van der Waals surface area contributed by atoms with Crippen LogP contribution in [0.25, 0.3) is 0 Å². The molecule has 0 bridgehead atoms. The van der Waals surface area contributed by atoms with Gasteiger partial charge in [-0.25, -0.2) is 0 Å². The summed E-state index contributed by atoms with van der Waals surface area (Å²) < 4.78 is 0. The maximum Gasteiger partial charge on any atom is 0.274 e. The molecule has 1 heterocycles. The molecular weight excluding hydrogens is 220 g/mol. The predicted molar refractivity (Wildman–Crippen MR) is 65.6 cm³/mol. The Kier molecular flexibility index (Phi) is 4.51. The number of nitrogens with one attached hydrogen (secondary N) is 2. The predicted octanol–water partition coefficient (Wildman–Crippen LogP) is 0.301. The Morgan fingerprint density at radius 1 is 1.59 bits per heavy atom. The number of hydrogen-bond acceptors (Lipinski definition) is 4. The van der Waals surface area contributed by atoms with E-state index in [0.29, 0.717) is 12.1 Å². The number of anilines is 1. The molecule has 17 heavy (non-hydrogen) atoms. The Labute approximate surface area is 101 Å². The molecular formula is C11H20N4O2. The van der Waals surface area contributed by atoms with Gasteiger partial charge < -0.3 is 16.2 Å². The van der Waals surface area contributed by atoms with Crippen molar-refractivity contribution in [3.05, 3.63) is 11.4 Å². The van der Waals surface area contributed by atoms with E-state index in [0.717, 1.165) is 5.69 Å². The van der Waals surface area contributed by atoms with Gasteiger partial charge in [-0.1, -0.05) is 20.8 Å². The van der Waals surface area contributed by atoms with Crippen LogP contribution in [0.5, 0.6) is 0 Å². The lowest BCUT2D eigenvalue weighted by atomic mass is 10.1. The second-order valence-corrected chi connectivity index (χ2v) is 4.32. The highest BCUT2D eigenvalue weighted by atomic mass is 16.3. The zero-order valence-electron chi connectivity index (χ0n) is 10.4. The van der Waals surface area contributed by atoms with Gasteiger partial charge in [0.05, 0.1) is 24.0 Å². The molecule has 1 aromatic rings. The fourth-order valence-corrected chi connectivity index (χ4v) is 1.49. The van der Waals surface area contributed by atoms with E-state index in [2.05, 4.69) is 15.5 Å². The van der Waals surface area contributed by atoms with Crippen LogP contribution in [0, 0.1) is 5.92 Å². The summed E-state index contributed by atoms with van der Waals surface area (Å²) in [6.07, 6.45) is 0.694. The van der Waals surface area contributed by atoms with Crippen molar-refractivity contribution in [1.82, 2.24) is 15.5 Å². The monoisotopic (exact) mass is 240 g/mol. The molecule has 6 heteroatoms. The lowest BCUT2D eigenvalue weighted by Gasteiger charge is -2.19. The first-order valence-electron chi connectivity index (χ1n) is 5.75. The quantitative estimate of drug-likeness (QED) is 0.594. The number of nitrogens with two attached hydrogens (primary N) is 1. The van der Waals surface area contributed by atoms with Crippen molar-refractivity contribution in [3.8, 4) is 0 Å². The van der Waals surface area contributed by atoms with Crippen molar-refractivity contribution in [2.75, 3.05) is 12.3 Å². The summed E-state index contributed by atoms with van der Waals surface area (Å²) in [5.74, 6) is -0.207. The molecule has 0 spiro atoms. The molecule has 96 valence electrons. The second kappa shape index (κ2) is 5.67. The summed E-state index contributed by atoms with van der Waals surface area (Å²) in [5, 5.41) is 18.5.